The van der Waals surface area contributed by atoms with Gasteiger partial charge in [-0.3, -0.25) is 9.59 Å². The van der Waals surface area contributed by atoms with Gasteiger partial charge in [-0.25, -0.2) is 4.79 Å². The number of allylic oxidation sites excluding steroid dienone is 2. The molecule has 6 nitrogen and oxygen atoms in total. The number of benzene rings is 2. The number of hydrogen-bond donors (Lipinski definition) is 1. The lowest BCUT2D eigenvalue weighted by Crippen LogP contribution is -2.12. The zero-order valence-corrected chi connectivity index (χ0v) is 19.8. The second kappa shape index (κ2) is 13.6. The summed E-state index contributed by atoms with van der Waals surface area (Å²) in [6, 6.07) is 14.5. The third kappa shape index (κ3) is 9.28. The first kappa shape index (κ1) is 26.3. The summed E-state index contributed by atoms with van der Waals surface area (Å²) in [5.41, 5.74) is 3.33. The van der Waals surface area contributed by atoms with Crippen LogP contribution in [0, 0.1) is 0 Å². The minimum absolute atomic E-state index is 0.0933. The van der Waals surface area contributed by atoms with Gasteiger partial charge in [0.25, 0.3) is 0 Å². The van der Waals surface area contributed by atoms with Crippen LogP contribution in [0.15, 0.2) is 78.9 Å². The summed E-state index contributed by atoms with van der Waals surface area (Å²) in [6.07, 6.45) is 4.52. The van der Waals surface area contributed by atoms with Crippen molar-refractivity contribution in [2.24, 2.45) is 0 Å². The summed E-state index contributed by atoms with van der Waals surface area (Å²) < 4.78 is 10.5. The minimum atomic E-state index is -0.450. The Labute approximate surface area is 201 Å². The van der Waals surface area contributed by atoms with Gasteiger partial charge in [0, 0.05) is 29.8 Å². The van der Waals surface area contributed by atoms with Crippen molar-refractivity contribution >= 4 is 29.3 Å². The molecule has 0 bridgehead atoms. The molecule has 0 saturated carbocycles. The second-order valence-electron chi connectivity index (χ2n) is 7.84. The minimum Gasteiger partial charge on any atom is -0.490 e. The molecular formula is C28H31NO5. The van der Waals surface area contributed by atoms with E-state index < -0.39 is 5.97 Å². The van der Waals surface area contributed by atoms with Crippen LogP contribution in [0.1, 0.15) is 42.6 Å². The van der Waals surface area contributed by atoms with Crippen LogP contribution < -0.4 is 10.1 Å². The number of anilines is 1. The van der Waals surface area contributed by atoms with Crippen molar-refractivity contribution in [3.05, 3.63) is 90.0 Å². The van der Waals surface area contributed by atoms with Gasteiger partial charge in [0.05, 0.1) is 0 Å². The second-order valence-corrected chi connectivity index (χ2v) is 7.84. The lowest BCUT2D eigenvalue weighted by Gasteiger charge is -2.07. The van der Waals surface area contributed by atoms with Crippen LogP contribution in [0.25, 0.3) is 6.08 Å². The van der Waals surface area contributed by atoms with Gasteiger partial charge in [-0.1, -0.05) is 31.4 Å². The van der Waals surface area contributed by atoms with Crippen molar-refractivity contribution < 1.29 is 23.9 Å². The van der Waals surface area contributed by atoms with Crippen LogP contribution in [0.5, 0.6) is 5.75 Å². The molecule has 0 unspecified atom stereocenters. The SMILES string of the molecule is C=C(C)C(=O)CCCNc1ccc(/C=C/C(=O)c2ccc(OCCOC(=O)C(=C)C)cc2)cc1. The first-order valence-corrected chi connectivity index (χ1v) is 11.1. The standard InChI is InChI=1S/C28H31NO5/c1-20(2)26(30)6-5-17-29-24-12-7-22(8-13-24)9-16-27(31)23-10-14-25(15-11-23)33-18-19-34-28(32)21(3)4/h7-16,29H,1,3,5-6,17-19H2,2,4H3/b16-9+. The Morgan fingerprint density at radius 3 is 2.21 bits per heavy atom. The number of nitrogens with one attached hydrogen (secondary N) is 1. The third-order valence-electron chi connectivity index (χ3n) is 4.80. The number of ether oxygens (including phenoxy) is 2. The Bertz CT molecular complexity index is 1050. The van der Waals surface area contributed by atoms with Crippen LogP contribution >= 0.6 is 0 Å². The van der Waals surface area contributed by atoms with Crippen LogP contribution in [0.3, 0.4) is 0 Å². The number of ketones is 2. The molecule has 0 aromatic heterocycles. The average Bonchev–Trinajstić information content (AvgIpc) is 2.83. The van der Waals surface area contributed by atoms with E-state index in [1.807, 2.05) is 24.3 Å². The van der Waals surface area contributed by atoms with E-state index in [-0.39, 0.29) is 24.8 Å². The molecule has 1 N–H and O–H groups in total. The van der Waals surface area contributed by atoms with E-state index in [1.165, 1.54) is 6.08 Å². The number of rotatable bonds is 14. The number of carbonyl (C=O) groups is 3. The van der Waals surface area contributed by atoms with Gasteiger partial charge >= 0.3 is 5.97 Å². The Kier molecular flexibility index (Phi) is 10.5. The predicted octanol–water partition coefficient (Wildman–Crippen LogP) is 5.42. The van der Waals surface area contributed by atoms with E-state index in [0.29, 0.717) is 35.4 Å². The van der Waals surface area contributed by atoms with Gasteiger partial charge in [0.15, 0.2) is 11.6 Å². The highest BCUT2D eigenvalue weighted by Crippen LogP contribution is 2.15. The highest BCUT2D eigenvalue weighted by Gasteiger charge is 2.05. The average molecular weight is 462 g/mol. The molecular weight excluding hydrogens is 430 g/mol. The Morgan fingerprint density at radius 2 is 1.59 bits per heavy atom. The maximum Gasteiger partial charge on any atom is 0.333 e. The summed E-state index contributed by atoms with van der Waals surface area (Å²) in [6.45, 7) is 11.5. The Balaban J connectivity index is 1.77. The smallest absolute Gasteiger partial charge is 0.333 e. The van der Waals surface area contributed by atoms with Crippen molar-refractivity contribution in [3.8, 4) is 5.75 Å². The molecule has 2 aromatic rings. The first-order chi connectivity index (χ1) is 16.3. The summed E-state index contributed by atoms with van der Waals surface area (Å²) in [5, 5.41) is 3.28. The molecule has 34 heavy (non-hydrogen) atoms. The molecule has 0 aliphatic rings. The summed E-state index contributed by atoms with van der Waals surface area (Å²) in [4.78, 5) is 35.3. The Hall–Kier alpha value is -3.93. The van der Waals surface area contributed by atoms with Crippen LogP contribution in [0.2, 0.25) is 0 Å². The van der Waals surface area contributed by atoms with Gasteiger partial charge in [-0.15, -0.1) is 0 Å². The van der Waals surface area contributed by atoms with E-state index >= 15 is 0 Å². The van der Waals surface area contributed by atoms with Crippen LogP contribution in [-0.4, -0.2) is 37.3 Å². The fourth-order valence-corrected chi connectivity index (χ4v) is 2.81. The van der Waals surface area contributed by atoms with Crippen molar-refractivity contribution in [2.45, 2.75) is 26.7 Å². The van der Waals surface area contributed by atoms with Gasteiger partial charge in [0.1, 0.15) is 19.0 Å². The number of carbonyl (C=O) groups excluding carboxylic acids is 3. The highest BCUT2D eigenvalue weighted by atomic mass is 16.6. The predicted molar refractivity (Wildman–Crippen MR) is 135 cm³/mol. The lowest BCUT2D eigenvalue weighted by molar-refractivity contribution is -0.139. The normalized spacial score (nSPS) is 10.5. The molecule has 0 heterocycles. The largest absolute Gasteiger partial charge is 0.490 e. The molecule has 0 aliphatic heterocycles. The molecule has 0 spiro atoms. The van der Waals surface area contributed by atoms with Crippen LogP contribution in [-0.2, 0) is 14.3 Å². The van der Waals surface area contributed by atoms with Gasteiger partial charge < -0.3 is 14.8 Å². The zero-order valence-electron chi connectivity index (χ0n) is 19.8. The van der Waals surface area contributed by atoms with Gasteiger partial charge in [-0.2, -0.15) is 0 Å². The zero-order chi connectivity index (χ0) is 24.9. The molecule has 0 fully saturated rings. The number of hydrogen-bond acceptors (Lipinski definition) is 6. The molecule has 2 aromatic carbocycles. The topological polar surface area (TPSA) is 81.7 Å². The molecule has 0 radical (unpaired) electrons. The summed E-state index contributed by atoms with van der Waals surface area (Å²) >= 11 is 0. The molecule has 0 atom stereocenters. The monoisotopic (exact) mass is 461 g/mol. The number of esters is 1. The third-order valence-corrected chi connectivity index (χ3v) is 4.80. The summed E-state index contributed by atoms with van der Waals surface area (Å²) in [7, 11) is 0. The highest BCUT2D eigenvalue weighted by molar-refractivity contribution is 6.06. The van der Waals surface area contributed by atoms with E-state index in [9.17, 15) is 14.4 Å². The van der Waals surface area contributed by atoms with Gasteiger partial charge in [0.2, 0.25) is 0 Å². The maximum atomic E-state index is 12.4. The lowest BCUT2D eigenvalue weighted by atomic mass is 10.1. The van der Waals surface area contributed by atoms with Crippen molar-refractivity contribution in [1.82, 2.24) is 0 Å². The van der Waals surface area contributed by atoms with Crippen molar-refractivity contribution in [1.29, 1.82) is 0 Å². The molecule has 0 saturated heterocycles. The van der Waals surface area contributed by atoms with E-state index in [1.54, 1.807) is 44.2 Å². The van der Waals surface area contributed by atoms with E-state index in [0.717, 1.165) is 17.7 Å². The fraction of sp³-hybridized carbons (Fsp3) is 0.250. The molecule has 2 rings (SSSR count). The van der Waals surface area contributed by atoms with E-state index in [4.69, 9.17) is 9.47 Å². The van der Waals surface area contributed by atoms with Crippen molar-refractivity contribution in [3.63, 3.8) is 0 Å². The Morgan fingerprint density at radius 1 is 0.912 bits per heavy atom. The van der Waals surface area contributed by atoms with Crippen LogP contribution in [0.4, 0.5) is 5.69 Å². The number of Topliss-reactive ketones (excluding diaryl/α,β-unsaturated/α-hetero) is 1. The maximum absolute atomic E-state index is 12.4. The molecule has 6 heteroatoms. The van der Waals surface area contributed by atoms with E-state index in [2.05, 4.69) is 18.5 Å². The van der Waals surface area contributed by atoms with Crippen molar-refractivity contribution in [2.75, 3.05) is 25.1 Å². The molecule has 0 amide bonds. The molecule has 0 aliphatic carbocycles. The first-order valence-electron chi connectivity index (χ1n) is 11.1. The fourth-order valence-electron chi connectivity index (χ4n) is 2.81. The quantitative estimate of drug-likeness (QED) is 0.175. The summed E-state index contributed by atoms with van der Waals surface area (Å²) in [5.74, 6) is 0.107. The van der Waals surface area contributed by atoms with Gasteiger partial charge in [-0.05, 0) is 73.9 Å². The molecule has 178 valence electrons.